The molecule has 1 fully saturated rings. The highest BCUT2D eigenvalue weighted by molar-refractivity contribution is 6.33. The Labute approximate surface area is 205 Å². The van der Waals surface area contributed by atoms with Gasteiger partial charge in [0.15, 0.2) is 0 Å². The molecule has 3 amide bonds. The number of hydrogen-bond donors (Lipinski definition) is 2. The van der Waals surface area contributed by atoms with E-state index in [9.17, 15) is 14.4 Å². The third kappa shape index (κ3) is 7.74. The van der Waals surface area contributed by atoms with E-state index in [-0.39, 0.29) is 18.4 Å². The Morgan fingerprint density at radius 2 is 1.62 bits per heavy atom. The number of anilines is 1. The molecule has 0 atom stereocenters. The summed E-state index contributed by atoms with van der Waals surface area (Å²) in [5.74, 6) is -0.185. The van der Waals surface area contributed by atoms with Crippen LogP contribution in [0, 0.1) is 0 Å². The maximum atomic E-state index is 12.9. The van der Waals surface area contributed by atoms with Gasteiger partial charge in [0.25, 0.3) is 5.91 Å². The number of halogens is 1. The van der Waals surface area contributed by atoms with Gasteiger partial charge in [-0.1, -0.05) is 35.9 Å². The Kier molecular flexibility index (Phi) is 8.52. The third-order valence-electron chi connectivity index (χ3n) is 5.21. The smallest absolute Gasteiger partial charge is 0.407 e. The number of nitrogens with one attached hydrogen (secondary N) is 2. The number of amides is 3. The normalized spacial score (nSPS) is 14.4. The summed E-state index contributed by atoms with van der Waals surface area (Å²) in [5, 5.41) is 6.03. The van der Waals surface area contributed by atoms with Gasteiger partial charge in [-0.3, -0.25) is 14.5 Å². The van der Waals surface area contributed by atoms with Crippen LogP contribution in [0.5, 0.6) is 0 Å². The SMILES string of the molecule is CC(C)(C)OC(=O)NCc1ccc(C(=O)N2CCN(CC(=O)Nc3ccccc3Cl)CC2)cc1. The minimum Gasteiger partial charge on any atom is -0.444 e. The second kappa shape index (κ2) is 11.4. The number of alkyl carbamates (subject to hydrolysis) is 1. The van der Waals surface area contributed by atoms with Crippen LogP contribution in [-0.2, 0) is 16.1 Å². The van der Waals surface area contributed by atoms with Crippen LogP contribution >= 0.6 is 11.6 Å². The molecule has 34 heavy (non-hydrogen) atoms. The third-order valence-corrected chi connectivity index (χ3v) is 5.54. The highest BCUT2D eigenvalue weighted by atomic mass is 35.5. The maximum Gasteiger partial charge on any atom is 0.407 e. The molecule has 0 unspecified atom stereocenters. The quantitative estimate of drug-likeness (QED) is 0.648. The first-order chi connectivity index (χ1) is 16.1. The lowest BCUT2D eigenvalue weighted by atomic mass is 10.1. The van der Waals surface area contributed by atoms with E-state index in [1.165, 1.54) is 0 Å². The van der Waals surface area contributed by atoms with Gasteiger partial charge in [0.05, 0.1) is 17.3 Å². The van der Waals surface area contributed by atoms with Crippen molar-refractivity contribution < 1.29 is 19.1 Å². The Morgan fingerprint density at radius 3 is 2.24 bits per heavy atom. The van der Waals surface area contributed by atoms with Gasteiger partial charge in [-0.25, -0.2) is 4.79 Å². The summed E-state index contributed by atoms with van der Waals surface area (Å²) < 4.78 is 5.22. The van der Waals surface area contributed by atoms with E-state index in [4.69, 9.17) is 16.3 Å². The van der Waals surface area contributed by atoms with Crippen LogP contribution in [0.2, 0.25) is 5.02 Å². The molecule has 2 N–H and O–H groups in total. The number of ether oxygens (including phenoxy) is 1. The summed E-state index contributed by atoms with van der Waals surface area (Å²) in [6, 6.07) is 14.3. The van der Waals surface area contributed by atoms with Crippen LogP contribution in [-0.4, -0.2) is 66.0 Å². The summed E-state index contributed by atoms with van der Waals surface area (Å²) in [5.41, 5.74) is 1.50. The average Bonchev–Trinajstić information content (AvgIpc) is 2.78. The van der Waals surface area contributed by atoms with Gasteiger partial charge < -0.3 is 20.3 Å². The van der Waals surface area contributed by atoms with E-state index in [0.29, 0.717) is 49.0 Å². The van der Waals surface area contributed by atoms with Crippen LogP contribution in [0.1, 0.15) is 36.7 Å². The molecule has 0 aromatic heterocycles. The van der Waals surface area contributed by atoms with E-state index < -0.39 is 11.7 Å². The largest absolute Gasteiger partial charge is 0.444 e. The Morgan fingerprint density at radius 1 is 0.971 bits per heavy atom. The standard InChI is InChI=1S/C25H31ClN4O4/c1-25(2,3)34-24(33)27-16-18-8-10-19(11-9-18)23(32)30-14-12-29(13-15-30)17-22(31)28-21-7-5-4-6-20(21)26/h4-11H,12-17H2,1-3H3,(H,27,33)(H,28,31). The molecule has 0 radical (unpaired) electrons. The first kappa shape index (κ1) is 25.5. The van der Waals surface area contributed by atoms with Gasteiger partial charge >= 0.3 is 6.09 Å². The number of carbonyl (C=O) groups is 3. The molecule has 3 rings (SSSR count). The molecule has 9 heteroatoms. The molecule has 0 spiro atoms. The van der Waals surface area contributed by atoms with Crippen LogP contribution in [0.15, 0.2) is 48.5 Å². The minimum absolute atomic E-state index is 0.0492. The van der Waals surface area contributed by atoms with Crippen LogP contribution in [0.4, 0.5) is 10.5 Å². The van der Waals surface area contributed by atoms with Crippen molar-refractivity contribution in [2.75, 3.05) is 38.0 Å². The molecule has 0 saturated carbocycles. The van der Waals surface area contributed by atoms with Crippen molar-refractivity contribution >= 4 is 35.2 Å². The van der Waals surface area contributed by atoms with Crippen molar-refractivity contribution in [3.63, 3.8) is 0 Å². The van der Waals surface area contributed by atoms with Crippen molar-refractivity contribution in [2.24, 2.45) is 0 Å². The fourth-order valence-electron chi connectivity index (χ4n) is 3.50. The summed E-state index contributed by atoms with van der Waals surface area (Å²) in [4.78, 5) is 40.8. The molecule has 1 saturated heterocycles. The molecule has 182 valence electrons. The van der Waals surface area contributed by atoms with Crippen molar-refractivity contribution in [3.8, 4) is 0 Å². The van der Waals surface area contributed by atoms with Crippen LogP contribution in [0.25, 0.3) is 0 Å². The topological polar surface area (TPSA) is 91.0 Å². The van der Waals surface area contributed by atoms with Gasteiger partial charge in [0.2, 0.25) is 5.91 Å². The maximum absolute atomic E-state index is 12.9. The molecule has 0 aliphatic carbocycles. The summed E-state index contributed by atoms with van der Waals surface area (Å²) in [6.07, 6.45) is -0.480. The molecule has 1 aliphatic rings. The zero-order chi connectivity index (χ0) is 24.7. The Hall–Kier alpha value is -3.10. The van der Waals surface area contributed by atoms with Crippen molar-refractivity contribution in [1.82, 2.24) is 15.1 Å². The van der Waals surface area contributed by atoms with Gasteiger partial charge in [-0.2, -0.15) is 0 Å². The molecule has 1 aliphatic heterocycles. The average molecular weight is 487 g/mol. The predicted molar refractivity (Wildman–Crippen MR) is 132 cm³/mol. The molecule has 0 bridgehead atoms. The molecule has 2 aromatic rings. The van der Waals surface area contributed by atoms with Crippen molar-refractivity contribution in [2.45, 2.75) is 32.9 Å². The van der Waals surface area contributed by atoms with Gasteiger partial charge in [0.1, 0.15) is 5.60 Å². The zero-order valence-electron chi connectivity index (χ0n) is 19.8. The van der Waals surface area contributed by atoms with Crippen LogP contribution in [0.3, 0.4) is 0 Å². The molecule has 8 nitrogen and oxygen atoms in total. The summed E-state index contributed by atoms with van der Waals surface area (Å²) in [7, 11) is 0. The second-order valence-corrected chi connectivity index (χ2v) is 9.56. The van der Waals surface area contributed by atoms with Crippen LogP contribution < -0.4 is 10.6 Å². The Bertz CT molecular complexity index is 1010. The fourth-order valence-corrected chi connectivity index (χ4v) is 3.68. The van der Waals surface area contributed by atoms with Gasteiger partial charge in [0, 0.05) is 38.3 Å². The number of carbonyl (C=O) groups excluding carboxylic acids is 3. The zero-order valence-corrected chi connectivity index (χ0v) is 20.5. The number of benzene rings is 2. The first-order valence-electron chi connectivity index (χ1n) is 11.2. The lowest BCUT2D eigenvalue weighted by Gasteiger charge is -2.34. The number of hydrogen-bond acceptors (Lipinski definition) is 5. The first-order valence-corrected chi connectivity index (χ1v) is 11.6. The van der Waals surface area contributed by atoms with Gasteiger partial charge in [-0.05, 0) is 50.6 Å². The lowest BCUT2D eigenvalue weighted by Crippen LogP contribution is -2.50. The summed E-state index contributed by atoms with van der Waals surface area (Å²) >= 11 is 6.09. The minimum atomic E-state index is -0.552. The lowest BCUT2D eigenvalue weighted by molar-refractivity contribution is -0.117. The predicted octanol–water partition coefficient (Wildman–Crippen LogP) is 3.76. The number of rotatable bonds is 6. The van der Waals surface area contributed by atoms with E-state index in [1.54, 1.807) is 29.2 Å². The number of piperazine rings is 1. The monoisotopic (exact) mass is 486 g/mol. The Balaban J connectivity index is 1.43. The molecule has 1 heterocycles. The van der Waals surface area contributed by atoms with Crippen molar-refractivity contribution in [1.29, 1.82) is 0 Å². The molecular formula is C25H31ClN4O4. The molecule has 2 aromatic carbocycles. The summed E-state index contributed by atoms with van der Waals surface area (Å²) in [6.45, 7) is 8.29. The van der Waals surface area contributed by atoms with Gasteiger partial charge in [-0.15, -0.1) is 0 Å². The highest BCUT2D eigenvalue weighted by Crippen LogP contribution is 2.20. The van der Waals surface area contributed by atoms with Crippen molar-refractivity contribution in [3.05, 3.63) is 64.7 Å². The highest BCUT2D eigenvalue weighted by Gasteiger charge is 2.23. The number of para-hydroxylation sites is 1. The number of nitrogens with zero attached hydrogens (tertiary/aromatic N) is 2. The van der Waals surface area contributed by atoms with E-state index in [1.807, 2.05) is 49.9 Å². The fraction of sp³-hybridized carbons (Fsp3) is 0.400. The van der Waals surface area contributed by atoms with E-state index in [0.717, 1.165) is 5.56 Å². The van der Waals surface area contributed by atoms with E-state index in [2.05, 4.69) is 10.6 Å². The second-order valence-electron chi connectivity index (χ2n) is 9.15. The van der Waals surface area contributed by atoms with E-state index >= 15 is 0 Å². The molecular weight excluding hydrogens is 456 g/mol.